The van der Waals surface area contributed by atoms with Gasteiger partial charge in [-0.3, -0.25) is 9.59 Å². The number of carbonyl (C=O) groups is 2. The first-order chi connectivity index (χ1) is 15.6. The van der Waals surface area contributed by atoms with Crippen LogP contribution in [0.1, 0.15) is 57.4 Å². The number of benzene rings is 2. The number of nitrogens with zero attached hydrogens (tertiary/aromatic N) is 1. The summed E-state index contributed by atoms with van der Waals surface area (Å²) in [5.74, 6) is 0.871. The molecule has 6 heteroatoms. The zero-order valence-electron chi connectivity index (χ0n) is 18.8. The lowest BCUT2D eigenvalue weighted by atomic mass is 10.1. The molecule has 0 radical (unpaired) electrons. The van der Waals surface area contributed by atoms with Crippen molar-refractivity contribution in [1.82, 2.24) is 10.2 Å². The van der Waals surface area contributed by atoms with E-state index in [0.29, 0.717) is 19.4 Å². The molecule has 2 aromatic rings. The van der Waals surface area contributed by atoms with Gasteiger partial charge in [0.2, 0.25) is 11.8 Å². The quantitative estimate of drug-likeness (QED) is 0.318. The van der Waals surface area contributed by atoms with Crippen LogP contribution in [0.15, 0.2) is 59.5 Å². The Morgan fingerprint density at radius 3 is 2.44 bits per heavy atom. The molecule has 0 bridgehead atoms. The number of carbonyl (C=O) groups excluding carboxylic acids is 2. The number of amides is 2. The van der Waals surface area contributed by atoms with Crippen LogP contribution in [0, 0.1) is 0 Å². The zero-order valence-corrected chi connectivity index (χ0v) is 20.3. The van der Waals surface area contributed by atoms with Gasteiger partial charge in [-0.15, -0.1) is 11.8 Å². The van der Waals surface area contributed by atoms with E-state index in [2.05, 4.69) is 5.32 Å². The summed E-state index contributed by atoms with van der Waals surface area (Å²) in [4.78, 5) is 29.3. The predicted octanol–water partition coefficient (Wildman–Crippen LogP) is 6.08. The van der Waals surface area contributed by atoms with Gasteiger partial charge < -0.3 is 10.2 Å². The van der Waals surface area contributed by atoms with Crippen LogP contribution in [0.3, 0.4) is 0 Å². The molecule has 0 aromatic heterocycles. The summed E-state index contributed by atoms with van der Waals surface area (Å²) >= 11 is 7.67. The van der Waals surface area contributed by atoms with Crippen molar-refractivity contribution in [2.75, 3.05) is 5.75 Å². The van der Waals surface area contributed by atoms with Gasteiger partial charge in [0.25, 0.3) is 0 Å². The van der Waals surface area contributed by atoms with Gasteiger partial charge in [0, 0.05) is 28.9 Å². The topological polar surface area (TPSA) is 49.4 Å². The van der Waals surface area contributed by atoms with E-state index in [4.69, 9.17) is 11.6 Å². The Balaban J connectivity index is 1.61. The van der Waals surface area contributed by atoms with E-state index in [1.54, 1.807) is 16.7 Å². The maximum absolute atomic E-state index is 13.3. The van der Waals surface area contributed by atoms with Crippen molar-refractivity contribution in [2.24, 2.45) is 0 Å². The maximum Gasteiger partial charge on any atom is 0.243 e. The molecular weight excluding hydrogens is 440 g/mol. The molecule has 0 saturated heterocycles. The van der Waals surface area contributed by atoms with Crippen LogP contribution in [0.5, 0.6) is 0 Å². The molecule has 1 N–H and O–H groups in total. The number of halogens is 1. The second kappa shape index (κ2) is 12.9. The van der Waals surface area contributed by atoms with E-state index in [1.165, 1.54) is 12.8 Å². The van der Waals surface area contributed by atoms with Crippen LogP contribution in [0.25, 0.3) is 0 Å². The average Bonchev–Trinajstić information content (AvgIpc) is 3.31. The molecule has 1 atom stereocenters. The monoisotopic (exact) mass is 472 g/mol. The third-order valence-electron chi connectivity index (χ3n) is 5.90. The minimum atomic E-state index is -0.438. The van der Waals surface area contributed by atoms with Crippen molar-refractivity contribution < 1.29 is 9.59 Å². The summed E-state index contributed by atoms with van der Waals surface area (Å²) in [5, 5.41) is 3.92. The Labute approximate surface area is 201 Å². The van der Waals surface area contributed by atoms with E-state index in [0.717, 1.165) is 40.5 Å². The predicted molar refractivity (Wildman–Crippen MR) is 133 cm³/mol. The van der Waals surface area contributed by atoms with Crippen LogP contribution in [0.2, 0.25) is 5.02 Å². The standard InChI is InChI=1S/C26H33ClN2O2S/c1-2-24(26(31)28-22-11-6-7-12-22)29(19-20-9-4-3-5-10-20)25(30)13-8-18-32-23-16-14-21(27)15-17-23/h3-5,9-10,14-17,22,24H,2,6-8,11-13,18-19H2,1H3,(H,28,31)/t24-/m1/s1. The molecule has 0 heterocycles. The molecule has 32 heavy (non-hydrogen) atoms. The van der Waals surface area contributed by atoms with Gasteiger partial charge >= 0.3 is 0 Å². The number of rotatable bonds is 11. The average molecular weight is 473 g/mol. The Bertz CT molecular complexity index is 854. The highest BCUT2D eigenvalue weighted by Crippen LogP contribution is 2.23. The highest BCUT2D eigenvalue weighted by Gasteiger charge is 2.30. The van der Waals surface area contributed by atoms with Crippen LogP contribution in [-0.2, 0) is 16.1 Å². The van der Waals surface area contributed by atoms with Gasteiger partial charge in [-0.1, -0.05) is 61.7 Å². The van der Waals surface area contributed by atoms with E-state index in [1.807, 2.05) is 61.5 Å². The largest absolute Gasteiger partial charge is 0.352 e. The molecule has 1 aliphatic rings. The first-order valence-corrected chi connectivity index (χ1v) is 12.9. The molecule has 2 amide bonds. The molecule has 1 saturated carbocycles. The van der Waals surface area contributed by atoms with Crippen LogP contribution < -0.4 is 5.32 Å². The smallest absolute Gasteiger partial charge is 0.243 e. The number of thioether (sulfide) groups is 1. The molecular formula is C26H33ClN2O2S. The van der Waals surface area contributed by atoms with Gasteiger partial charge in [-0.2, -0.15) is 0 Å². The van der Waals surface area contributed by atoms with Crippen molar-refractivity contribution in [3.8, 4) is 0 Å². The van der Waals surface area contributed by atoms with Crippen molar-refractivity contribution in [2.45, 2.75) is 75.4 Å². The summed E-state index contributed by atoms with van der Waals surface area (Å²) in [7, 11) is 0. The Hall–Kier alpha value is -1.98. The number of nitrogens with one attached hydrogen (secondary N) is 1. The molecule has 0 aliphatic heterocycles. The number of hydrogen-bond donors (Lipinski definition) is 1. The Morgan fingerprint density at radius 2 is 1.78 bits per heavy atom. The molecule has 172 valence electrons. The third kappa shape index (κ3) is 7.56. The summed E-state index contributed by atoms with van der Waals surface area (Å²) in [6, 6.07) is 17.5. The molecule has 1 fully saturated rings. The number of hydrogen-bond acceptors (Lipinski definition) is 3. The Kier molecular flexibility index (Phi) is 9.94. The highest BCUT2D eigenvalue weighted by atomic mass is 35.5. The van der Waals surface area contributed by atoms with Gasteiger partial charge in [-0.05, 0) is 61.3 Å². The van der Waals surface area contributed by atoms with E-state index >= 15 is 0 Å². The lowest BCUT2D eigenvalue weighted by molar-refractivity contribution is -0.141. The highest BCUT2D eigenvalue weighted by molar-refractivity contribution is 7.99. The fourth-order valence-electron chi connectivity index (χ4n) is 4.15. The maximum atomic E-state index is 13.3. The summed E-state index contributed by atoms with van der Waals surface area (Å²) in [6.45, 7) is 2.45. The molecule has 0 unspecified atom stereocenters. The first-order valence-electron chi connectivity index (χ1n) is 11.6. The van der Waals surface area contributed by atoms with Crippen molar-refractivity contribution in [3.63, 3.8) is 0 Å². The summed E-state index contributed by atoms with van der Waals surface area (Å²) < 4.78 is 0. The van der Waals surface area contributed by atoms with Gasteiger partial charge in [0.05, 0.1) is 0 Å². The minimum absolute atomic E-state index is 0.0146. The van der Waals surface area contributed by atoms with Crippen molar-refractivity contribution in [1.29, 1.82) is 0 Å². The lowest BCUT2D eigenvalue weighted by Crippen LogP contribution is -2.50. The van der Waals surface area contributed by atoms with E-state index in [-0.39, 0.29) is 17.9 Å². The van der Waals surface area contributed by atoms with Crippen LogP contribution in [0.4, 0.5) is 0 Å². The fraction of sp³-hybridized carbons (Fsp3) is 0.462. The summed E-state index contributed by atoms with van der Waals surface area (Å²) in [5.41, 5.74) is 1.04. The third-order valence-corrected chi connectivity index (χ3v) is 7.25. The second-order valence-corrected chi connectivity index (χ2v) is 9.93. The second-order valence-electron chi connectivity index (χ2n) is 8.33. The van der Waals surface area contributed by atoms with Gasteiger partial charge in [-0.25, -0.2) is 0 Å². The Morgan fingerprint density at radius 1 is 1.09 bits per heavy atom. The van der Waals surface area contributed by atoms with Gasteiger partial charge in [0.1, 0.15) is 6.04 Å². The minimum Gasteiger partial charge on any atom is -0.352 e. The van der Waals surface area contributed by atoms with E-state index in [9.17, 15) is 9.59 Å². The molecule has 4 nitrogen and oxygen atoms in total. The summed E-state index contributed by atoms with van der Waals surface area (Å²) in [6.07, 6.45) is 6.21. The van der Waals surface area contributed by atoms with Crippen molar-refractivity contribution >= 4 is 35.2 Å². The van der Waals surface area contributed by atoms with Crippen LogP contribution >= 0.6 is 23.4 Å². The zero-order chi connectivity index (χ0) is 22.8. The first kappa shape index (κ1) is 24.7. The van der Waals surface area contributed by atoms with E-state index < -0.39 is 6.04 Å². The molecule has 2 aromatic carbocycles. The van der Waals surface area contributed by atoms with Crippen molar-refractivity contribution in [3.05, 3.63) is 65.2 Å². The molecule has 1 aliphatic carbocycles. The normalized spacial score (nSPS) is 14.8. The van der Waals surface area contributed by atoms with Crippen LogP contribution in [-0.4, -0.2) is 34.6 Å². The molecule has 0 spiro atoms. The lowest BCUT2D eigenvalue weighted by Gasteiger charge is -2.31. The molecule has 3 rings (SSSR count). The van der Waals surface area contributed by atoms with Gasteiger partial charge in [0.15, 0.2) is 0 Å². The SMILES string of the molecule is CC[C@H](C(=O)NC1CCCC1)N(Cc1ccccc1)C(=O)CCCSc1ccc(Cl)cc1. The fourth-order valence-corrected chi connectivity index (χ4v) is 5.13.